The zero-order chi connectivity index (χ0) is 16.3. The van der Waals surface area contributed by atoms with E-state index in [0.717, 1.165) is 4.47 Å². The second kappa shape index (κ2) is 6.78. The molecule has 0 atom stereocenters. The standard InChI is InChI=1S/C14H12BrClN2O3S/c15-10-3-6-13(16)12(7-10)14(19)18-11-4-1-9(2-5-11)8-22(17,20)21/h1-7H,8H2,(H,18,19)(H2,17,20,21). The third kappa shape index (κ3) is 4.81. The van der Waals surface area contributed by atoms with Crippen molar-refractivity contribution < 1.29 is 13.2 Å². The van der Waals surface area contributed by atoms with Crippen molar-refractivity contribution in [2.75, 3.05) is 5.32 Å². The number of halogens is 2. The summed E-state index contributed by atoms with van der Waals surface area (Å²) < 4.78 is 22.8. The molecule has 0 aliphatic rings. The SMILES string of the molecule is NS(=O)(=O)Cc1ccc(NC(=O)c2cc(Br)ccc2Cl)cc1. The highest BCUT2D eigenvalue weighted by atomic mass is 79.9. The number of anilines is 1. The van der Waals surface area contributed by atoms with Crippen molar-refractivity contribution in [3.63, 3.8) is 0 Å². The van der Waals surface area contributed by atoms with E-state index in [-0.39, 0.29) is 11.7 Å². The van der Waals surface area contributed by atoms with Gasteiger partial charge in [0, 0.05) is 10.2 Å². The van der Waals surface area contributed by atoms with Gasteiger partial charge in [0.25, 0.3) is 5.91 Å². The first-order valence-corrected chi connectivity index (χ1v) is 8.99. The Kier molecular flexibility index (Phi) is 5.23. The molecule has 116 valence electrons. The van der Waals surface area contributed by atoms with E-state index in [9.17, 15) is 13.2 Å². The molecule has 0 saturated heterocycles. The topological polar surface area (TPSA) is 89.3 Å². The average Bonchev–Trinajstić information content (AvgIpc) is 2.42. The molecule has 0 bridgehead atoms. The van der Waals surface area contributed by atoms with E-state index >= 15 is 0 Å². The molecule has 0 fully saturated rings. The molecule has 22 heavy (non-hydrogen) atoms. The van der Waals surface area contributed by atoms with E-state index in [1.165, 1.54) is 0 Å². The molecule has 8 heteroatoms. The number of hydrogen-bond donors (Lipinski definition) is 2. The number of amides is 1. The number of rotatable bonds is 4. The predicted octanol–water partition coefficient (Wildman–Crippen LogP) is 3.14. The number of primary sulfonamides is 1. The summed E-state index contributed by atoms with van der Waals surface area (Å²) in [5.41, 5.74) is 1.41. The van der Waals surface area contributed by atoms with Gasteiger partial charge in [-0.1, -0.05) is 39.7 Å². The summed E-state index contributed by atoms with van der Waals surface area (Å²) in [6.45, 7) is 0. The third-order valence-corrected chi connectivity index (χ3v) is 4.31. The van der Waals surface area contributed by atoms with E-state index in [1.807, 2.05) is 0 Å². The minimum Gasteiger partial charge on any atom is -0.322 e. The maximum Gasteiger partial charge on any atom is 0.257 e. The highest BCUT2D eigenvalue weighted by Gasteiger charge is 2.11. The van der Waals surface area contributed by atoms with Crippen LogP contribution in [-0.2, 0) is 15.8 Å². The molecule has 2 aromatic carbocycles. The minimum atomic E-state index is -3.58. The number of benzene rings is 2. The number of nitrogens with two attached hydrogens (primary N) is 1. The Morgan fingerprint density at radius 1 is 1.18 bits per heavy atom. The summed E-state index contributed by atoms with van der Waals surface area (Å²) in [6, 6.07) is 11.4. The molecule has 0 heterocycles. The summed E-state index contributed by atoms with van der Waals surface area (Å²) in [4.78, 5) is 12.2. The lowest BCUT2D eigenvalue weighted by Gasteiger charge is -2.08. The fourth-order valence-electron chi connectivity index (χ4n) is 1.79. The highest BCUT2D eigenvalue weighted by Crippen LogP contribution is 2.22. The number of hydrogen-bond acceptors (Lipinski definition) is 3. The van der Waals surface area contributed by atoms with Crippen LogP contribution < -0.4 is 10.5 Å². The van der Waals surface area contributed by atoms with Crippen molar-refractivity contribution in [2.45, 2.75) is 5.75 Å². The van der Waals surface area contributed by atoms with Crippen LogP contribution in [0.2, 0.25) is 5.02 Å². The van der Waals surface area contributed by atoms with Crippen LogP contribution in [0.1, 0.15) is 15.9 Å². The van der Waals surface area contributed by atoms with Crippen molar-refractivity contribution >= 4 is 49.1 Å². The van der Waals surface area contributed by atoms with E-state index in [0.29, 0.717) is 21.8 Å². The molecule has 2 aromatic rings. The van der Waals surface area contributed by atoms with Crippen LogP contribution in [0.3, 0.4) is 0 Å². The first kappa shape index (κ1) is 17.0. The Balaban J connectivity index is 2.14. The van der Waals surface area contributed by atoms with E-state index < -0.39 is 10.0 Å². The fraction of sp³-hybridized carbons (Fsp3) is 0.0714. The largest absolute Gasteiger partial charge is 0.322 e. The van der Waals surface area contributed by atoms with Crippen LogP contribution in [0, 0.1) is 0 Å². The Morgan fingerprint density at radius 3 is 2.41 bits per heavy atom. The summed E-state index contributed by atoms with van der Waals surface area (Å²) in [5, 5.41) is 8.01. The fourth-order valence-corrected chi connectivity index (χ4v) is 3.01. The molecule has 2 rings (SSSR count). The second-order valence-electron chi connectivity index (χ2n) is 4.58. The van der Waals surface area contributed by atoms with Gasteiger partial charge in [-0.2, -0.15) is 0 Å². The van der Waals surface area contributed by atoms with Gasteiger partial charge in [0.15, 0.2) is 0 Å². The van der Waals surface area contributed by atoms with Gasteiger partial charge in [-0.3, -0.25) is 4.79 Å². The number of carbonyl (C=O) groups excluding carboxylic acids is 1. The lowest BCUT2D eigenvalue weighted by atomic mass is 10.2. The van der Waals surface area contributed by atoms with Crippen LogP contribution in [-0.4, -0.2) is 14.3 Å². The van der Waals surface area contributed by atoms with Crippen molar-refractivity contribution in [2.24, 2.45) is 5.14 Å². The van der Waals surface area contributed by atoms with Crippen molar-refractivity contribution in [1.82, 2.24) is 0 Å². The Labute approximate surface area is 141 Å². The number of carbonyl (C=O) groups is 1. The molecular weight excluding hydrogens is 392 g/mol. The zero-order valence-electron chi connectivity index (χ0n) is 11.2. The summed E-state index contributed by atoms with van der Waals surface area (Å²) in [7, 11) is -3.58. The monoisotopic (exact) mass is 402 g/mol. The van der Waals surface area contributed by atoms with Crippen molar-refractivity contribution in [3.05, 3.63) is 63.1 Å². The van der Waals surface area contributed by atoms with Crippen LogP contribution in [0.5, 0.6) is 0 Å². The molecule has 0 aromatic heterocycles. The second-order valence-corrected chi connectivity index (χ2v) is 7.52. The quantitative estimate of drug-likeness (QED) is 0.822. The van der Waals surface area contributed by atoms with Crippen LogP contribution in [0.25, 0.3) is 0 Å². The van der Waals surface area contributed by atoms with E-state index in [4.69, 9.17) is 16.7 Å². The van der Waals surface area contributed by atoms with Crippen LogP contribution in [0.4, 0.5) is 5.69 Å². The first-order chi connectivity index (χ1) is 10.2. The van der Waals surface area contributed by atoms with Gasteiger partial charge < -0.3 is 5.32 Å². The van der Waals surface area contributed by atoms with Gasteiger partial charge >= 0.3 is 0 Å². The summed E-state index contributed by atoms with van der Waals surface area (Å²) >= 11 is 9.27. The van der Waals surface area contributed by atoms with E-state index in [1.54, 1.807) is 42.5 Å². The molecule has 0 spiro atoms. The lowest BCUT2D eigenvalue weighted by molar-refractivity contribution is 0.102. The Morgan fingerprint density at radius 2 is 1.82 bits per heavy atom. The zero-order valence-corrected chi connectivity index (χ0v) is 14.4. The van der Waals surface area contributed by atoms with Gasteiger partial charge in [-0.15, -0.1) is 0 Å². The van der Waals surface area contributed by atoms with Crippen LogP contribution in [0.15, 0.2) is 46.9 Å². The lowest BCUT2D eigenvalue weighted by Crippen LogP contribution is -2.15. The molecule has 0 aliphatic carbocycles. The summed E-state index contributed by atoms with van der Waals surface area (Å²) in [5.74, 6) is -0.607. The molecule has 5 nitrogen and oxygen atoms in total. The maximum atomic E-state index is 12.2. The van der Waals surface area contributed by atoms with Gasteiger partial charge in [0.2, 0.25) is 10.0 Å². The first-order valence-electron chi connectivity index (χ1n) is 6.10. The molecule has 0 saturated carbocycles. The van der Waals surface area contributed by atoms with Crippen molar-refractivity contribution in [3.8, 4) is 0 Å². The molecular formula is C14H12BrClN2O3S. The highest BCUT2D eigenvalue weighted by molar-refractivity contribution is 9.10. The summed E-state index contributed by atoms with van der Waals surface area (Å²) in [6.07, 6.45) is 0. The Bertz CT molecular complexity index is 807. The molecule has 1 amide bonds. The average molecular weight is 404 g/mol. The van der Waals surface area contributed by atoms with Gasteiger partial charge in [-0.25, -0.2) is 13.6 Å². The predicted molar refractivity (Wildman–Crippen MR) is 90.4 cm³/mol. The number of sulfonamides is 1. The molecule has 0 aliphatic heterocycles. The minimum absolute atomic E-state index is 0.251. The number of nitrogens with one attached hydrogen (secondary N) is 1. The van der Waals surface area contributed by atoms with Gasteiger partial charge in [0.05, 0.1) is 16.3 Å². The smallest absolute Gasteiger partial charge is 0.257 e. The van der Waals surface area contributed by atoms with Crippen molar-refractivity contribution in [1.29, 1.82) is 0 Å². The van der Waals surface area contributed by atoms with Gasteiger partial charge in [-0.05, 0) is 35.9 Å². The molecule has 0 radical (unpaired) electrons. The van der Waals surface area contributed by atoms with Gasteiger partial charge in [0.1, 0.15) is 0 Å². The Hall–Kier alpha value is -1.41. The molecule has 3 N–H and O–H groups in total. The molecule has 0 unspecified atom stereocenters. The third-order valence-electron chi connectivity index (χ3n) is 2.75. The normalized spacial score (nSPS) is 11.2. The van der Waals surface area contributed by atoms with Crippen LogP contribution >= 0.6 is 27.5 Å². The maximum absolute atomic E-state index is 12.2. The van der Waals surface area contributed by atoms with E-state index in [2.05, 4.69) is 21.2 Å².